The van der Waals surface area contributed by atoms with Crippen LogP contribution in [0, 0.1) is 0 Å². The van der Waals surface area contributed by atoms with Crippen molar-refractivity contribution in [1.82, 2.24) is 10.6 Å². The third kappa shape index (κ3) is 39.1. The van der Waals surface area contributed by atoms with Crippen LogP contribution in [-0.2, 0) is 23.9 Å². The molecule has 0 aromatic rings. The van der Waals surface area contributed by atoms with E-state index in [9.17, 15) is 19.2 Å². The molecule has 0 aliphatic heterocycles. The van der Waals surface area contributed by atoms with E-state index in [1.165, 1.54) is 70.6 Å². The number of ether oxygens (including phenoxy) is 1. The van der Waals surface area contributed by atoms with Gasteiger partial charge in [-0.15, -0.1) is 0 Å². The van der Waals surface area contributed by atoms with E-state index in [1.807, 2.05) is 6.08 Å². The smallest absolute Gasteiger partial charge is 0.328 e. The number of allylic oxidation sites excluding steroid dienone is 11. The van der Waals surface area contributed by atoms with Gasteiger partial charge in [0, 0.05) is 12.8 Å². The molecule has 0 rings (SSSR count). The zero-order chi connectivity index (χ0) is 42.6. The summed E-state index contributed by atoms with van der Waals surface area (Å²) < 4.78 is 5.92. The van der Waals surface area contributed by atoms with E-state index in [0.29, 0.717) is 12.8 Å². The molecule has 0 fully saturated rings. The largest absolute Gasteiger partial charge is 0.480 e. The number of unbranched alkanes of at least 4 members (excludes halogenated alkanes) is 16. The van der Waals surface area contributed by atoms with Crippen LogP contribution in [0.3, 0.4) is 0 Å². The van der Waals surface area contributed by atoms with Crippen molar-refractivity contribution in [2.45, 2.75) is 199 Å². The maximum absolute atomic E-state index is 12.8. The number of amides is 2. The highest BCUT2D eigenvalue weighted by molar-refractivity contribution is 5.87. The average Bonchev–Trinajstić information content (AvgIpc) is 3.21. The van der Waals surface area contributed by atoms with Gasteiger partial charge in [-0.05, 0) is 89.5 Å². The van der Waals surface area contributed by atoms with Crippen LogP contribution in [0.4, 0.5) is 0 Å². The number of carbonyl (C=O) groups is 4. The SMILES string of the molecule is CC/C=C\C/C=C\C/C=C\C/C=C\C(CCCCCCCC(=O)NCC(=O)NC(CO)C(=O)O)OC(=O)CCCCCCCCCCC/C=C\C/C=C\CCCCC. The number of hydrogen-bond acceptors (Lipinski definition) is 6. The molecule has 0 radical (unpaired) electrons. The first-order valence-corrected chi connectivity index (χ1v) is 22.8. The summed E-state index contributed by atoms with van der Waals surface area (Å²) in [6.07, 6.45) is 53.8. The summed E-state index contributed by atoms with van der Waals surface area (Å²) in [5.41, 5.74) is 0. The first-order chi connectivity index (χ1) is 28.3. The zero-order valence-electron chi connectivity index (χ0n) is 36.5. The molecule has 9 heteroatoms. The van der Waals surface area contributed by atoms with Gasteiger partial charge in [-0.3, -0.25) is 14.4 Å². The van der Waals surface area contributed by atoms with Crippen molar-refractivity contribution in [3.63, 3.8) is 0 Å². The van der Waals surface area contributed by atoms with Crippen molar-refractivity contribution in [2.75, 3.05) is 13.2 Å². The molecule has 9 nitrogen and oxygen atoms in total. The van der Waals surface area contributed by atoms with Gasteiger partial charge in [0.25, 0.3) is 0 Å². The number of aliphatic hydroxyl groups is 1. The number of carbonyl (C=O) groups excluding carboxylic acids is 3. The molecular weight excluding hydrogens is 729 g/mol. The molecule has 0 aliphatic carbocycles. The summed E-state index contributed by atoms with van der Waals surface area (Å²) in [4.78, 5) is 47.6. The highest BCUT2D eigenvalue weighted by Gasteiger charge is 2.18. The number of esters is 1. The van der Waals surface area contributed by atoms with Crippen LogP contribution < -0.4 is 10.6 Å². The Hall–Kier alpha value is -3.72. The number of hydrogen-bond donors (Lipinski definition) is 4. The van der Waals surface area contributed by atoms with E-state index in [0.717, 1.165) is 83.5 Å². The van der Waals surface area contributed by atoms with Crippen LogP contribution in [0.25, 0.3) is 0 Å². The zero-order valence-corrected chi connectivity index (χ0v) is 36.5. The Bertz CT molecular complexity index is 1200. The van der Waals surface area contributed by atoms with Crippen molar-refractivity contribution in [3.8, 4) is 0 Å². The van der Waals surface area contributed by atoms with Crippen molar-refractivity contribution in [3.05, 3.63) is 72.9 Å². The molecule has 0 saturated heterocycles. The first kappa shape index (κ1) is 54.3. The maximum Gasteiger partial charge on any atom is 0.328 e. The number of rotatable bonds is 40. The van der Waals surface area contributed by atoms with Gasteiger partial charge in [-0.25, -0.2) is 4.79 Å². The van der Waals surface area contributed by atoms with E-state index in [-0.39, 0.29) is 30.9 Å². The monoisotopic (exact) mass is 811 g/mol. The van der Waals surface area contributed by atoms with Gasteiger partial charge < -0.3 is 25.6 Å². The lowest BCUT2D eigenvalue weighted by Gasteiger charge is -2.15. The summed E-state index contributed by atoms with van der Waals surface area (Å²) in [6, 6.07) is -1.39. The Labute approximate surface area is 353 Å². The van der Waals surface area contributed by atoms with E-state index in [1.54, 1.807) is 0 Å². The van der Waals surface area contributed by atoms with Crippen molar-refractivity contribution < 1.29 is 34.1 Å². The summed E-state index contributed by atoms with van der Waals surface area (Å²) >= 11 is 0. The van der Waals surface area contributed by atoms with Gasteiger partial charge in [0.05, 0.1) is 13.2 Å². The van der Waals surface area contributed by atoms with Crippen LogP contribution in [-0.4, -0.2) is 59.3 Å². The number of nitrogens with one attached hydrogen (secondary N) is 2. The van der Waals surface area contributed by atoms with Crippen LogP contribution in [0.15, 0.2) is 72.9 Å². The second-order valence-electron chi connectivity index (χ2n) is 15.1. The first-order valence-electron chi connectivity index (χ1n) is 22.8. The fourth-order valence-electron chi connectivity index (χ4n) is 6.18. The molecule has 2 amide bonds. The molecule has 0 saturated carbocycles. The molecule has 0 aliphatic rings. The summed E-state index contributed by atoms with van der Waals surface area (Å²) in [5, 5.41) is 22.5. The molecule has 0 aromatic carbocycles. The summed E-state index contributed by atoms with van der Waals surface area (Å²) in [6.45, 7) is 3.32. The number of aliphatic carboxylic acids is 1. The van der Waals surface area contributed by atoms with Gasteiger partial charge >= 0.3 is 11.9 Å². The lowest BCUT2D eigenvalue weighted by atomic mass is 10.1. The number of aliphatic hydroxyl groups excluding tert-OH is 1. The highest BCUT2D eigenvalue weighted by Crippen LogP contribution is 2.15. The van der Waals surface area contributed by atoms with Crippen LogP contribution in [0.2, 0.25) is 0 Å². The normalized spacial score (nSPS) is 13.2. The Morgan fingerprint density at radius 2 is 1.03 bits per heavy atom. The minimum absolute atomic E-state index is 0.126. The van der Waals surface area contributed by atoms with Crippen molar-refractivity contribution in [1.29, 1.82) is 0 Å². The Morgan fingerprint density at radius 1 is 0.552 bits per heavy atom. The quantitative estimate of drug-likeness (QED) is 0.0274. The van der Waals surface area contributed by atoms with Crippen LogP contribution in [0.1, 0.15) is 187 Å². The molecule has 2 atom stereocenters. The molecule has 0 aromatic heterocycles. The highest BCUT2D eigenvalue weighted by atomic mass is 16.5. The van der Waals surface area contributed by atoms with Gasteiger partial charge in [-0.2, -0.15) is 0 Å². The standard InChI is InChI=1S/C49H82N2O7/c1-3-5-7-9-11-13-15-16-17-18-19-20-21-22-24-26-28-33-37-41-48(55)58-44(38-34-30-27-25-23-14-12-10-8-6-4-2)39-35-31-29-32-36-40-46(53)50-42-47(54)51-45(43-52)49(56)57/h6,8,11-14,16-17,25,27,34,38,44-45,52H,3-5,7,9-10,15,18-24,26,28-33,35-37,39-43H2,1-2H3,(H,50,53)(H,51,54)(H,56,57)/b8-6-,13-11-,14-12-,17-16-,27-25-,38-34-. The molecule has 4 N–H and O–H groups in total. The molecule has 2 unspecified atom stereocenters. The minimum Gasteiger partial charge on any atom is -0.480 e. The van der Waals surface area contributed by atoms with E-state index >= 15 is 0 Å². The van der Waals surface area contributed by atoms with Gasteiger partial charge in [0.1, 0.15) is 12.1 Å². The predicted molar refractivity (Wildman–Crippen MR) is 240 cm³/mol. The lowest BCUT2D eigenvalue weighted by molar-refractivity contribution is -0.147. The Kier molecular flexibility index (Phi) is 40.1. The molecule has 0 spiro atoms. The third-order valence-electron chi connectivity index (χ3n) is 9.67. The molecule has 58 heavy (non-hydrogen) atoms. The fraction of sp³-hybridized carbons (Fsp3) is 0.673. The average molecular weight is 811 g/mol. The predicted octanol–water partition coefficient (Wildman–Crippen LogP) is 11.5. The minimum atomic E-state index is -1.39. The van der Waals surface area contributed by atoms with E-state index < -0.39 is 24.5 Å². The van der Waals surface area contributed by atoms with Gasteiger partial charge in [0.15, 0.2) is 0 Å². The second kappa shape index (κ2) is 42.9. The van der Waals surface area contributed by atoms with Gasteiger partial charge in [0.2, 0.25) is 11.8 Å². The Morgan fingerprint density at radius 3 is 1.59 bits per heavy atom. The summed E-state index contributed by atoms with van der Waals surface area (Å²) in [7, 11) is 0. The number of carboxylic acids is 1. The molecular formula is C49H82N2O7. The van der Waals surface area contributed by atoms with Crippen molar-refractivity contribution in [2.24, 2.45) is 0 Å². The van der Waals surface area contributed by atoms with E-state index in [4.69, 9.17) is 14.9 Å². The topological polar surface area (TPSA) is 142 Å². The van der Waals surface area contributed by atoms with Gasteiger partial charge in [-0.1, -0.05) is 158 Å². The van der Waals surface area contributed by atoms with Crippen LogP contribution in [0.5, 0.6) is 0 Å². The fourth-order valence-corrected chi connectivity index (χ4v) is 6.18. The second-order valence-corrected chi connectivity index (χ2v) is 15.1. The molecule has 0 bridgehead atoms. The molecule has 330 valence electrons. The Balaban J connectivity index is 4.36. The molecule has 0 heterocycles. The maximum atomic E-state index is 12.8. The summed E-state index contributed by atoms with van der Waals surface area (Å²) in [5.74, 6) is -2.41. The lowest BCUT2D eigenvalue weighted by Crippen LogP contribution is -2.47. The van der Waals surface area contributed by atoms with Crippen LogP contribution >= 0.6 is 0 Å². The third-order valence-corrected chi connectivity index (χ3v) is 9.67. The number of carboxylic acid groups (broad SMARTS) is 1. The van der Waals surface area contributed by atoms with E-state index in [2.05, 4.69) is 91.3 Å². The van der Waals surface area contributed by atoms with Crippen molar-refractivity contribution >= 4 is 23.8 Å².